The molecule has 1 aliphatic rings. The number of aliphatic hydroxyl groups is 1. The van der Waals surface area contributed by atoms with E-state index < -0.39 is 0 Å². The molecule has 1 aromatic heterocycles. The van der Waals surface area contributed by atoms with Crippen molar-refractivity contribution < 1.29 is 9.63 Å². The predicted octanol–water partition coefficient (Wildman–Crippen LogP) is 2.52. The molecule has 2 heterocycles. The number of aliphatic hydroxyl groups excluding tert-OH is 1. The van der Waals surface area contributed by atoms with Gasteiger partial charge in [-0.15, -0.1) is 11.8 Å². The summed E-state index contributed by atoms with van der Waals surface area (Å²) < 4.78 is 6.31. The molecule has 106 valence electrons. The van der Waals surface area contributed by atoms with Crippen LogP contribution in [-0.4, -0.2) is 27.9 Å². The van der Waals surface area contributed by atoms with Crippen molar-refractivity contribution in [1.82, 2.24) is 15.5 Å². The number of nitrogens with one attached hydrogen (secondary N) is 1. The molecule has 1 fully saturated rings. The van der Waals surface area contributed by atoms with E-state index in [1.54, 1.807) is 11.8 Å². The van der Waals surface area contributed by atoms with Gasteiger partial charge < -0.3 is 14.9 Å². The average Bonchev–Trinajstić information content (AvgIpc) is 3.07. The van der Waals surface area contributed by atoms with Gasteiger partial charge in [0.25, 0.3) is 0 Å². The van der Waals surface area contributed by atoms with Crippen molar-refractivity contribution in [2.24, 2.45) is 0 Å². The molecule has 2 unspecified atom stereocenters. The second-order valence-corrected chi connectivity index (χ2v) is 6.61. The highest BCUT2D eigenvalue weighted by Crippen LogP contribution is 2.25. The Balaban J connectivity index is 1.58. The Labute approximate surface area is 129 Å². The van der Waals surface area contributed by atoms with Crippen LogP contribution < -0.4 is 5.32 Å². The third-order valence-corrected chi connectivity index (χ3v) is 4.61. The summed E-state index contributed by atoms with van der Waals surface area (Å²) in [6.07, 6.45) is 0.300. The van der Waals surface area contributed by atoms with E-state index in [1.165, 1.54) is 0 Å². The van der Waals surface area contributed by atoms with Gasteiger partial charge in [0, 0.05) is 15.9 Å². The maximum Gasteiger partial charge on any atom is 0.243 e. The maximum atomic E-state index is 9.48. The predicted molar refractivity (Wildman–Crippen MR) is 79.4 cm³/mol. The van der Waals surface area contributed by atoms with Crippen molar-refractivity contribution in [3.05, 3.63) is 40.5 Å². The molecule has 0 bridgehead atoms. The molecule has 20 heavy (non-hydrogen) atoms. The summed E-state index contributed by atoms with van der Waals surface area (Å²) in [4.78, 5) is 5.54. The number of hydrogen-bond acceptors (Lipinski definition) is 6. The lowest BCUT2D eigenvalue weighted by Crippen LogP contribution is -2.15. The normalized spacial score (nSPS) is 22.3. The Morgan fingerprint density at radius 1 is 1.40 bits per heavy atom. The lowest BCUT2D eigenvalue weighted by Gasteiger charge is -2.01. The molecular formula is C13H14BrN3O2S. The number of hydrogen-bond donors (Lipinski definition) is 2. The van der Waals surface area contributed by atoms with E-state index in [0.717, 1.165) is 9.37 Å². The number of rotatable bonds is 4. The minimum Gasteiger partial charge on any atom is -0.392 e. The van der Waals surface area contributed by atoms with E-state index in [1.807, 2.05) is 24.3 Å². The van der Waals surface area contributed by atoms with Gasteiger partial charge in [-0.25, -0.2) is 0 Å². The molecule has 5 nitrogen and oxygen atoms in total. The fraction of sp³-hybridized carbons (Fsp3) is 0.385. The van der Waals surface area contributed by atoms with E-state index in [2.05, 4.69) is 31.4 Å². The molecule has 0 saturated carbocycles. The number of β-amino-alcohol motifs (C(OH)–C–C–N with tert-alkyl or cyclic N) is 1. The Hall–Kier alpha value is -0.890. The van der Waals surface area contributed by atoms with E-state index in [4.69, 9.17) is 4.52 Å². The van der Waals surface area contributed by atoms with E-state index in [0.29, 0.717) is 30.4 Å². The Morgan fingerprint density at radius 2 is 2.20 bits per heavy atom. The van der Waals surface area contributed by atoms with Crippen molar-refractivity contribution in [1.29, 1.82) is 0 Å². The van der Waals surface area contributed by atoms with Gasteiger partial charge >= 0.3 is 0 Å². The number of nitrogens with zero attached hydrogens (tertiary/aromatic N) is 2. The molecule has 0 spiro atoms. The van der Waals surface area contributed by atoms with Crippen molar-refractivity contribution in [2.75, 3.05) is 6.54 Å². The highest BCUT2D eigenvalue weighted by molar-refractivity contribution is 9.10. The first kappa shape index (κ1) is 14.1. The molecule has 2 N–H and O–H groups in total. The lowest BCUT2D eigenvalue weighted by molar-refractivity contribution is 0.191. The van der Waals surface area contributed by atoms with Gasteiger partial charge in [0.15, 0.2) is 5.82 Å². The first-order chi connectivity index (χ1) is 9.70. The number of benzene rings is 1. The molecule has 0 radical (unpaired) electrons. The van der Waals surface area contributed by atoms with E-state index in [-0.39, 0.29) is 12.1 Å². The van der Waals surface area contributed by atoms with Crippen LogP contribution in [0.3, 0.4) is 0 Å². The van der Waals surface area contributed by atoms with Crippen LogP contribution in [0.25, 0.3) is 0 Å². The standard InChI is InChI=1S/C13H14BrN3O2S/c14-8-1-3-10(4-2-8)20-7-12-16-13(19-17-12)11-5-9(18)6-15-11/h1-4,9,11,15,18H,5-7H2. The number of aromatic nitrogens is 2. The molecular weight excluding hydrogens is 342 g/mol. The first-order valence-corrected chi connectivity index (χ1v) is 8.11. The van der Waals surface area contributed by atoms with Crippen LogP contribution >= 0.6 is 27.7 Å². The largest absolute Gasteiger partial charge is 0.392 e. The molecule has 2 aromatic rings. The average molecular weight is 356 g/mol. The summed E-state index contributed by atoms with van der Waals surface area (Å²) in [5, 5.41) is 16.6. The molecule has 7 heteroatoms. The van der Waals surface area contributed by atoms with Gasteiger partial charge in [-0.1, -0.05) is 21.1 Å². The van der Waals surface area contributed by atoms with Crippen molar-refractivity contribution in [3.63, 3.8) is 0 Å². The quantitative estimate of drug-likeness (QED) is 0.821. The summed E-state index contributed by atoms with van der Waals surface area (Å²) >= 11 is 5.07. The van der Waals surface area contributed by atoms with E-state index >= 15 is 0 Å². The van der Waals surface area contributed by atoms with Gasteiger partial charge in [-0.3, -0.25) is 0 Å². The molecule has 3 rings (SSSR count). The molecule has 0 aliphatic carbocycles. The van der Waals surface area contributed by atoms with Crippen LogP contribution in [0, 0.1) is 0 Å². The van der Waals surface area contributed by atoms with Gasteiger partial charge in [0.05, 0.1) is 17.9 Å². The third-order valence-electron chi connectivity index (χ3n) is 3.07. The molecule has 2 atom stereocenters. The fourth-order valence-corrected chi connectivity index (χ4v) is 3.06. The molecule has 1 aromatic carbocycles. The number of thioether (sulfide) groups is 1. The number of halogens is 1. The van der Waals surface area contributed by atoms with Crippen molar-refractivity contribution >= 4 is 27.7 Å². The molecule has 1 saturated heterocycles. The van der Waals surface area contributed by atoms with E-state index in [9.17, 15) is 5.11 Å². The second-order valence-electron chi connectivity index (χ2n) is 4.64. The summed E-state index contributed by atoms with van der Waals surface area (Å²) in [6, 6.07) is 8.08. The Bertz CT molecular complexity index is 575. The monoisotopic (exact) mass is 355 g/mol. The maximum absolute atomic E-state index is 9.48. The van der Waals surface area contributed by atoms with Crippen LogP contribution in [-0.2, 0) is 5.75 Å². The van der Waals surface area contributed by atoms with Gasteiger partial charge in [-0.05, 0) is 30.7 Å². The van der Waals surface area contributed by atoms with Crippen LogP contribution in [0.2, 0.25) is 0 Å². The van der Waals surface area contributed by atoms with Crippen molar-refractivity contribution in [2.45, 2.75) is 29.2 Å². The van der Waals surface area contributed by atoms with Crippen LogP contribution in [0.5, 0.6) is 0 Å². The SMILES string of the molecule is OC1CNC(c2nc(CSc3ccc(Br)cc3)no2)C1. The summed E-state index contributed by atoms with van der Waals surface area (Å²) in [5.74, 6) is 1.91. The van der Waals surface area contributed by atoms with Crippen LogP contribution in [0.1, 0.15) is 24.2 Å². The topological polar surface area (TPSA) is 71.2 Å². The highest BCUT2D eigenvalue weighted by Gasteiger charge is 2.27. The van der Waals surface area contributed by atoms with Crippen LogP contribution in [0.15, 0.2) is 38.2 Å². The first-order valence-electron chi connectivity index (χ1n) is 6.33. The zero-order valence-electron chi connectivity index (χ0n) is 10.6. The van der Waals surface area contributed by atoms with Crippen molar-refractivity contribution in [3.8, 4) is 0 Å². The summed E-state index contributed by atoms with van der Waals surface area (Å²) in [7, 11) is 0. The minimum atomic E-state index is -0.326. The summed E-state index contributed by atoms with van der Waals surface area (Å²) in [6.45, 7) is 0.579. The lowest BCUT2D eigenvalue weighted by atomic mass is 10.2. The zero-order valence-corrected chi connectivity index (χ0v) is 13.0. The van der Waals surface area contributed by atoms with Gasteiger partial charge in [-0.2, -0.15) is 4.98 Å². The molecule has 1 aliphatic heterocycles. The second kappa shape index (κ2) is 6.26. The Kier molecular flexibility index (Phi) is 4.40. The van der Waals surface area contributed by atoms with Gasteiger partial charge in [0.2, 0.25) is 5.89 Å². The third kappa shape index (κ3) is 3.41. The van der Waals surface area contributed by atoms with Gasteiger partial charge in [0.1, 0.15) is 0 Å². The highest BCUT2D eigenvalue weighted by atomic mass is 79.9. The smallest absolute Gasteiger partial charge is 0.243 e. The Morgan fingerprint density at radius 3 is 2.90 bits per heavy atom. The zero-order chi connectivity index (χ0) is 13.9. The fourth-order valence-electron chi connectivity index (χ4n) is 2.05. The van der Waals surface area contributed by atoms with Crippen LogP contribution in [0.4, 0.5) is 0 Å². The molecule has 0 amide bonds. The minimum absolute atomic E-state index is 0.0241. The summed E-state index contributed by atoms with van der Waals surface area (Å²) in [5.41, 5.74) is 0.